The Balaban J connectivity index is 2.18. The molecule has 0 aromatic carbocycles. The summed E-state index contributed by atoms with van der Waals surface area (Å²) in [4.78, 5) is 11.5. The number of carbonyl (C=O) groups excluding carboxylic acids is 1. The van der Waals surface area contributed by atoms with Crippen LogP contribution in [-0.4, -0.2) is 35.2 Å². The number of hydrogen-bond acceptors (Lipinski definition) is 5. The summed E-state index contributed by atoms with van der Waals surface area (Å²) >= 11 is 0. The molecule has 0 atom stereocenters. The monoisotopic (exact) mass is 239 g/mol. The Morgan fingerprint density at radius 2 is 2.24 bits per heavy atom. The number of nitrogens with zero attached hydrogens (tertiary/aromatic N) is 3. The van der Waals surface area contributed by atoms with E-state index < -0.39 is 5.97 Å². The Bertz CT molecular complexity index is 399. The predicted octanol–water partition coefficient (Wildman–Crippen LogP) is 1.01. The maximum absolute atomic E-state index is 11.5. The average Bonchev–Trinajstić information content (AvgIpc) is 2.66. The van der Waals surface area contributed by atoms with Gasteiger partial charge in [-0.3, -0.25) is 0 Å². The van der Waals surface area contributed by atoms with Gasteiger partial charge in [-0.1, -0.05) is 11.6 Å². The molecule has 0 saturated heterocycles. The molecular formula is C11H17N3O3. The first-order valence-corrected chi connectivity index (χ1v) is 5.76. The standard InChI is InChI=1S/C11H17N3O3/c1-16-7-9-10(11(15)17-2)12-13-14(9)6-8-4-3-5-8/h8H,3-7H2,1-2H3. The number of ether oxygens (including phenoxy) is 2. The minimum atomic E-state index is -0.461. The third kappa shape index (κ3) is 2.46. The molecule has 1 aliphatic rings. The van der Waals surface area contributed by atoms with Gasteiger partial charge in [0.15, 0.2) is 5.69 Å². The zero-order valence-corrected chi connectivity index (χ0v) is 10.2. The number of esters is 1. The molecule has 1 aromatic heterocycles. The Kier molecular flexibility index (Phi) is 3.73. The van der Waals surface area contributed by atoms with Crippen molar-refractivity contribution in [2.24, 2.45) is 5.92 Å². The van der Waals surface area contributed by atoms with E-state index in [0.29, 0.717) is 18.2 Å². The second-order valence-electron chi connectivity index (χ2n) is 4.29. The van der Waals surface area contributed by atoms with Gasteiger partial charge in [0.1, 0.15) is 0 Å². The highest BCUT2D eigenvalue weighted by molar-refractivity contribution is 5.88. The van der Waals surface area contributed by atoms with Crippen LogP contribution in [0.1, 0.15) is 35.4 Å². The molecule has 0 spiro atoms. The van der Waals surface area contributed by atoms with Crippen LogP contribution in [0.2, 0.25) is 0 Å². The SMILES string of the molecule is COCc1c(C(=O)OC)nnn1CC1CCC1. The van der Waals surface area contributed by atoms with Crippen molar-refractivity contribution in [1.82, 2.24) is 15.0 Å². The number of carbonyl (C=O) groups is 1. The highest BCUT2D eigenvalue weighted by Gasteiger charge is 2.24. The third-order valence-electron chi connectivity index (χ3n) is 3.15. The minimum absolute atomic E-state index is 0.258. The molecule has 0 unspecified atom stereocenters. The molecule has 0 bridgehead atoms. The normalized spacial score (nSPS) is 15.6. The van der Waals surface area contributed by atoms with E-state index in [1.165, 1.54) is 26.4 Å². The molecule has 1 saturated carbocycles. The summed E-state index contributed by atoms with van der Waals surface area (Å²) in [5.74, 6) is 0.190. The largest absolute Gasteiger partial charge is 0.464 e. The smallest absolute Gasteiger partial charge is 0.360 e. The highest BCUT2D eigenvalue weighted by Crippen LogP contribution is 2.28. The van der Waals surface area contributed by atoms with Gasteiger partial charge in [0.25, 0.3) is 0 Å². The van der Waals surface area contributed by atoms with E-state index in [1.54, 1.807) is 11.8 Å². The highest BCUT2D eigenvalue weighted by atomic mass is 16.5. The fourth-order valence-corrected chi connectivity index (χ4v) is 1.93. The Hall–Kier alpha value is -1.43. The van der Waals surface area contributed by atoms with Gasteiger partial charge in [0.2, 0.25) is 0 Å². The van der Waals surface area contributed by atoms with Crippen LogP contribution < -0.4 is 0 Å². The quantitative estimate of drug-likeness (QED) is 0.717. The molecule has 1 heterocycles. The van der Waals surface area contributed by atoms with E-state index >= 15 is 0 Å². The first-order chi connectivity index (χ1) is 8.26. The van der Waals surface area contributed by atoms with Crippen LogP contribution in [-0.2, 0) is 22.6 Å². The van der Waals surface area contributed by atoms with Gasteiger partial charge in [-0.05, 0) is 18.8 Å². The molecule has 0 aliphatic heterocycles. The van der Waals surface area contributed by atoms with E-state index in [2.05, 4.69) is 15.0 Å². The first kappa shape index (κ1) is 12.0. The van der Waals surface area contributed by atoms with E-state index in [1.807, 2.05) is 0 Å². The molecule has 17 heavy (non-hydrogen) atoms. The molecule has 0 radical (unpaired) electrons. The molecule has 6 heteroatoms. The summed E-state index contributed by atoms with van der Waals surface area (Å²) in [6.45, 7) is 1.13. The lowest BCUT2D eigenvalue weighted by atomic mass is 9.85. The van der Waals surface area contributed by atoms with Gasteiger partial charge in [-0.15, -0.1) is 5.10 Å². The summed E-state index contributed by atoms with van der Waals surface area (Å²) < 4.78 is 11.5. The summed E-state index contributed by atoms with van der Waals surface area (Å²) in [7, 11) is 2.92. The van der Waals surface area contributed by atoms with Crippen molar-refractivity contribution in [3.8, 4) is 0 Å². The Labute approximate surface area is 99.9 Å². The summed E-state index contributed by atoms with van der Waals surface area (Å²) in [5.41, 5.74) is 0.958. The minimum Gasteiger partial charge on any atom is -0.464 e. The van der Waals surface area contributed by atoms with E-state index in [4.69, 9.17) is 4.74 Å². The lowest BCUT2D eigenvalue weighted by molar-refractivity contribution is 0.0588. The number of methoxy groups -OCH3 is 2. The zero-order chi connectivity index (χ0) is 12.3. The van der Waals surface area contributed by atoms with Gasteiger partial charge < -0.3 is 9.47 Å². The zero-order valence-electron chi connectivity index (χ0n) is 10.2. The van der Waals surface area contributed by atoms with Crippen LogP contribution in [0.5, 0.6) is 0 Å². The van der Waals surface area contributed by atoms with Crippen molar-refractivity contribution < 1.29 is 14.3 Å². The van der Waals surface area contributed by atoms with Crippen LogP contribution in [0, 0.1) is 5.92 Å². The summed E-state index contributed by atoms with van der Waals surface area (Å²) in [5, 5.41) is 7.89. The van der Waals surface area contributed by atoms with Gasteiger partial charge in [0, 0.05) is 13.7 Å². The van der Waals surface area contributed by atoms with E-state index in [-0.39, 0.29) is 5.69 Å². The van der Waals surface area contributed by atoms with Crippen LogP contribution >= 0.6 is 0 Å². The Morgan fingerprint density at radius 3 is 2.76 bits per heavy atom. The van der Waals surface area contributed by atoms with Crippen molar-refractivity contribution in [3.05, 3.63) is 11.4 Å². The number of rotatable bonds is 5. The topological polar surface area (TPSA) is 66.2 Å². The second-order valence-corrected chi connectivity index (χ2v) is 4.29. The molecule has 1 aliphatic carbocycles. The summed E-state index contributed by atoms with van der Waals surface area (Å²) in [6.07, 6.45) is 3.72. The van der Waals surface area contributed by atoms with Gasteiger partial charge in [-0.2, -0.15) is 0 Å². The molecule has 6 nitrogen and oxygen atoms in total. The summed E-state index contributed by atoms with van der Waals surface area (Å²) in [6, 6.07) is 0. The second kappa shape index (κ2) is 5.27. The molecule has 2 rings (SSSR count). The van der Waals surface area contributed by atoms with Gasteiger partial charge in [0.05, 0.1) is 19.4 Å². The van der Waals surface area contributed by atoms with Crippen LogP contribution in [0.4, 0.5) is 0 Å². The number of hydrogen-bond donors (Lipinski definition) is 0. The van der Waals surface area contributed by atoms with Gasteiger partial charge in [-0.25, -0.2) is 9.48 Å². The van der Waals surface area contributed by atoms with Crippen molar-refractivity contribution in [2.75, 3.05) is 14.2 Å². The van der Waals surface area contributed by atoms with Crippen molar-refractivity contribution in [2.45, 2.75) is 32.4 Å². The van der Waals surface area contributed by atoms with Crippen molar-refractivity contribution >= 4 is 5.97 Å². The molecule has 94 valence electrons. The predicted molar refractivity (Wildman–Crippen MR) is 59.4 cm³/mol. The first-order valence-electron chi connectivity index (χ1n) is 5.76. The maximum atomic E-state index is 11.5. The molecule has 0 amide bonds. The lowest BCUT2D eigenvalue weighted by Crippen LogP contribution is -2.21. The third-order valence-corrected chi connectivity index (χ3v) is 3.15. The van der Waals surface area contributed by atoms with E-state index in [9.17, 15) is 4.79 Å². The molecule has 1 aromatic rings. The van der Waals surface area contributed by atoms with Crippen molar-refractivity contribution in [3.63, 3.8) is 0 Å². The van der Waals surface area contributed by atoms with Gasteiger partial charge >= 0.3 is 5.97 Å². The lowest BCUT2D eigenvalue weighted by Gasteiger charge is -2.25. The van der Waals surface area contributed by atoms with Crippen LogP contribution in [0.25, 0.3) is 0 Å². The average molecular weight is 239 g/mol. The van der Waals surface area contributed by atoms with E-state index in [0.717, 1.165) is 6.54 Å². The van der Waals surface area contributed by atoms with Crippen molar-refractivity contribution in [1.29, 1.82) is 0 Å². The van der Waals surface area contributed by atoms with Crippen LogP contribution in [0.3, 0.4) is 0 Å². The Morgan fingerprint density at radius 1 is 1.47 bits per heavy atom. The molecule has 0 N–H and O–H groups in total. The fourth-order valence-electron chi connectivity index (χ4n) is 1.93. The molecule has 1 fully saturated rings. The number of aromatic nitrogens is 3. The molecular weight excluding hydrogens is 222 g/mol. The fraction of sp³-hybridized carbons (Fsp3) is 0.727. The van der Waals surface area contributed by atoms with Crippen LogP contribution in [0.15, 0.2) is 0 Å². The maximum Gasteiger partial charge on any atom is 0.360 e.